The quantitative estimate of drug-likeness (QED) is 0.338. The smallest absolute Gasteiger partial charge is 0.304 e. The second kappa shape index (κ2) is 10.6. The molecule has 9 nitrogen and oxygen atoms in total. The molecule has 0 aliphatic carbocycles. The minimum Gasteiger partial charge on any atom is -0.462 e. The summed E-state index contributed by atoms with van der Waals surface area (Å²) in [6.45, 7) is 7.45. The molecule has 24 heavy (non-hydrogen) atoms. The first-order chi connectivity index (χ1) is 11.0. The van der Waals surface area contributed by atoms with Crippen LogP contribution in [0.1, 0.15) is 41.5 Å². The maximum atomic E-state index is 11.3. The number of hydrogen-bond acceptors (Lipinski definition) is 9. The summed E-state index contributed by atoms with van der Waals surface area (Å²) >= 11 is 0. The van der Waals surface area contributed by atoms with Gasteiger partial charge in [-0.2, -0.15) is 0 Å². The van der Waals surface area contributed by atoms with Crippen molar-refractivity contribution in [3.63, 3.8) is 0 Å². The molecule has 0 aromatic rings. The Balaban J connectivity index is 5.17. The summed E-state index contributed by atoms with van der Waals surface area (Å²) < 4.78 is 25.3. The van der Waals surface area contributed by atoms with Gasteiger partial charge in [0.05, 0.1) is 6.10 Å². The summed E-state index contributed by atoms with van der Waals surface area (Å²) in [4.78, 5) is 44.5. The molecule has 0 radical (unpaired) electrons. The molecule has 0 saturated carbocycles. The molecule has 0 saturated heterocycles. The standard InChI is InChI=1S/C15H24O9/c1-8(21-13(6)22-10(3)17)15(24-12(5)19)14(23-11(4)18)7-20-9(2)16/h8,13-15H,7H2,1-6H3/t8?,13-,14+,15?/m0/s1. The Labute approximate surface area is 140 Å². The van der Waals surface area contributed by atoms with Gasteiger partial charge in [0.1, 0.15) is 6.61 Å². The molecule has 0 heterocycles. The van der Waals surface area contributed by atoms with Gasteiger partial charge in [0.2, 0.25) is 6.29 Å². The van der Waals surface area contributed by atoms with E-state index in [0.717, 1.165) is 0 Å². The Morgan fingerprint density at radius 3 is 1.67 bits per heavy atom. The first-order valence-electron chi connectivity index (χ1n) is 7.33. The highest BCUT2D eigenvalue weighted by Crippen LogP contribution is 2.16. The summed E-state index contributed by atoms with van der Waals surface area (Å²) in [5.41, 5.74) is 0. The number of ether oxygens (including phenoxy) is 5. The predicted octanol–water partition coefficient (Wildman–Crippen LogP) is 0.727. The third-order valence-electron chi connectivity index (χ3n) is 2.64. The Morgan fingerprint density at radius 2 is 1.25 bits per heavy atom. The van der Waals surface area contributed by atoms with E-state index in [2.05, 4.69) is 0 Å². The highest BCUT2D eigenvalue weighted by molar-refractivity contribution is 5.68. The van der Waals surface area contributed by atoms with Crippen molar-refractivity contribution < 1.29 is 42.9 Å². The van der Waals surface area contributed by atoms with E-state index in [-0.39, 0.29) is 6.61 Å². The van der Waals surface area contributed by atoms with E-state index < -0.39 is 48.5 Å². The van der Waals surface area contributed by atoms with E-state index in [0.29, 0.717) is 0 Å². The molecule has 0 aliphatic heterocycles. The van der Waals surface area contributed by atoms with Gasteiger partial charge in [0, 0.05) is 27.7 Å². The fourth-order valence-corrected chi connectivity index (χ4v) is 1.92. The SMILES string of the molecule is CC(=O)OC[C@@H](OC(C)=O)C(OC(C)=O)C(C)O[C@H](C)OC(C)=O. The highest BCUT2D eigenvalue weighted by atomic mass is 16.7. The van der Waals surface area contributed by atoms with E-state index >= 15 is 0 Å². The average Bonchev–Trinajstić information content (AvgIpc) is 2.38. The first kappa shape index (κ1) is 21.8. The van der Waals surface area contributed by atoms with Crippen molar-refractivity contribution in [3.8, 4) is 0 Å². The van der Waals surface area contributed by atoms with Crippen LogP contribution in [0.25, 0.3) is 0 Å². The maximum absolute atomic E-state index is 11.3. The molecule has 0 bridgehead atoms. The number of carbonyl (C=O) groups excluding carboxylic acids is 4. The zero-order valence-corrected chi connectivity index (χ0v) is 14.7. The van der Waals surface area contributed by atoms with Crippen molar-refractivity contribution >= 4 is 23.9 Å². The van der Waals surface area contributed by atoms with Gasteiger partial charge in [-0.25, -0.2) is 0 Å². The van der Waals surface area contributed by atoms with E-state index in [1.54, 1.807) is 0 Å². The van der Waals surface area contributed by atoms with Gasteiger partial charge in [0.15, 0.2) is 12.2 Å². The van der Waals surface area contributed by atoms with Crippen LogP contribution in [0.15, 0.2) is 0 Å². The first-order valence-corrected chi connectivity index (χ1v) is 7.33. The van der Waals surface area contributed by atoms with Crippen molar-refractivity contribution in [2.24, 2.45) is 0 Å². The maximum Gasteiger partial charge on any atom is 0.304 e. The van der Waals surface area contributed by atoms with Crippen LogP contribution in [0.4, 0.5) is 0 Å². The third-order valence-corrected chi connectivity index (χ3v) is 2.64. The molecule has 0 fully saturated rings. The normalized spacial score (nSPS) is 15.4. The highest BCUT2D eigenvalue weighted by Gasteiger charge is 2.35. The Bertz CT molecular complexity index is 460. The lowest BCUT2D eigenvalue weighted by molar-refractivity contribution is -0.212. The Kier molecular flexibility index (Phi) is 9.63. The molecule has 9 heteroatoms. The molecule has 0 rings (SSSR count). The van der Waals surface area contributed by atoms with E-state index in [1.165, 1.54) is 41.5 Å². The molecular formula is C15H24O9. The van der Waals surface area contributed by atoms with Gasteiger partial charge in [-0.15, -0.1) is 0 Å². The van der Waals surface area contributed by atoms with Crippen LogP contribution in [0.2, 0.25) is 0 Å². The van der Waals surface area contributed by atoms with Gasteiger partial charge in [-0.3, -0.25) is 19.2 Å². The molecule has 0 spiro atoms. The van der Waals surface area contributed by atoms with Crippen molar-refractivity contribution in [3.05, 3.63) is 0 Å². The Morgan fingerprint density at radius 1 is 0.750 bits per heavy atom. The van der Waals surface area contributed by atoms with Crippen molar-refractivity contribution in [1.82, 2.24) is 0 Å². The lowest BCUT2D eigenvalue weighted by Crippen LogP contribution is -2.46. The fraction of sp³-hybridized carbons (Fsp3) is 0.733. The number of hydrogen-bond donors (Lipinski definition) is 0. The largest absolute Gasteiger partial charge is 0.462 e. The third kappa shape index (κ3) is 9.78. The van der Waals surface area contributed by atoms with Crippen LogP contribution in [0.5, 0.6) is 0 Å². The van der Waals surface area contributed by atoms with Crippen LogP contribution in [-0.4, -0.2) is 55.1 Å². The van der Waals surface area contributed by atoms with Crippen molar-refractivity contribution in [2.45, 2.75) is 66.1 Å². The summed E-state index contributed by atoms with van der Waals surface area (Å²) in [6.07, 6.45) is -3.87. The van der Waals surface area contributed by atoms with Gasteiger partial charge in [-0.1, -0.05) is 0 Å². The zero-order valence-electron chi connectivity index (χ0n) is 14.7. The minimum atomic E-state index is -1.07. The van der Waals surface area contributed by atoms with Gasteiger partial charge in [-0.05, 0) is 13.8 Å². The topological polar surface area (TPSA) is 114 Å². The van der Waals surface area contributed by atoms with E-state index in [1.807, 2.05) is 0 Å². The van der Waals surface area contributed by atoms with Gasteiger partial charge < -0.3 is 23.7 Å². The molecule has 2 unspecified atom stereocenters. The Hall–Kier alpha value is -2.16. The molecule has 0 aliphatic rings. The van der Waals surface area contributed by atoms with Crippen LogP contribution in [0.3, 0.4) is 0 Å². The van der Waals surface area contributed by atoms with Gasteiger partial charge >= 0.3 is 23.9 Å². The number of esters is 4. The van der Waals surface area contributed by atoms with Gasteiger partial charge in [0.25, 0.3) is 0 Å². The predicted molar refractivity (Wildman–Crippen MR) is 79.5 cm³/mol. The lowest BCUT2D eigenvalue weighted by Gasteiger charge is -2.31. The molecule has 0 aromatic heterocycles. The van der Waals surface area contributed by atoms with Crippen LogP contribution >= 0.6 is 0 Å². The van der Waals surface area contributed by atoms with Crippen LogP contribution in [-0.2, 0) is 42.9 Å². The second-order valence-corrected chi connectivity index (χ2v) is 5.04. The minimum absolute atomic E-state index is 0.317. The fourth-order valence-electron chi connectivity index (χ4n) is 1.92. The summed E-state index contributed by atoms with van der Waals surface area (Å²) in [6, 6.07) is 0. The zero-order chi connectivity index (χ0) is 18.9. The number of carbonyl (C=O) groups is 4. The molecule has 0 N–H and O–H groups in total. The monoisotopic (exact) mass is 348 g/mol. The lowest BCUT2D eigenvalue weighted by atomic mass is 10.1. The van der Waals surface area contributed by atoms with E-state index in [4.69, 9.17) is 23.7 Å². The molecule has 0 amide bonds. The van der Waals surface area contributed by atoms with Crippen LogP contribution in [0, 0.1) is 0 Å². The second-order valence-electron chi connectivity index (χ2n) is 5.04. The summed E-state index contributed by atoms with van der Waals surface area (Å²) in [7, 11) is 0. The summed E-state index contributed by atoms with van der Waals surface area (Å²) in [5, 5.41) is 0. The molecule has 0 aromatic carbocycles. The van der Waals surface area contributed by atoms with E-state index in [9.17, 15) is 19.2 Å². The molecule has 4 atom stereocenters. The number of rotatable bonds is 9. The summed E-state index contributed by atoms with van der Waals surface area (Å²) in [5.74, 6) is -2.43. The molecular weight excluding hydrogens is 324 g/mol. The van der Waals surface area contributed by atoms with Crippen molar-refractivity contribution in [2.75, 3.05) is 6.61 Å². The average molecular weight is 348 g/mol. The molecule has 138 valence electrons. The van der Waals surface area contributed by atoms with Crippen LogP contribution < -0.4 is 0 Å². The van der Waals surface area contributed by atoms with Crippen molar-refractivity contribution in [1.29, 1.82) is 0 Å².